The minimum atomic E-state index is -1.18. The summed E-state index contributed by atoms with van der Waals surface area (Å²) in [7, 11) is 0. The van der Waals surface area contributed by atoms with Gasteiger partial charge in [0, 0.05) is 23.9 Å². The molecule has 0 amide bonds. The van der Waals surface area contributed by atoms with Crippen LogP contribution in [0.4, 0.5) is 5.69 Å². The van der Waals surface area contributed by atoms with Crippen molar-refractivity contribution in [2.75, 3.05) is 11.9 Å². The van der Waals surface area contributed by atoms with E-state index in [-0.39, 0.29) is 22.4 Å². The van der Waals surface area contributed by atoms with Gasteiger partial charge < -0.3 is 15.5 Å². The molecule has 0 aliphatic heterocycles. The molecule has 5 nitrogen and oxygen atoms in total. The van der Waals surface area contributed by atoms with E-state index >= 15 is 0 Å². The van der Waals surface area contributed by atoms with Crippen molar-refractivity contribution in [1.82, 2.24) is 0 Å². The molecule has 0 atom stereocenters. The fourth-order valence-electron chi connectivity index (χ4n) is 2.05. The largest absolute Gasteiger partial charge is 0.507 e. The van der Waals surface area contributed by atoms with E-state index in [0.29, 0.717) is 12.2 Å². The predicted molar refractivity (Wildman–Crippen MR) is 79.1 cm³/mol. The summed E-state index contributed by atoms with van der Waals surface area (Å²) in [5.74, 6) is -1.88. The third-order valence-electron chi connectivity index (χ3n) is 3.03. The maximum Gasteiger partial charge on any atom is 0.336 e. The lowest BCUT2D eigenvalue weighted by atomic mass is 9.97. The highest BCUT2D eigenvalue weighted by Crippen LogP contribution is 2.25. The van der Waals surface area contributed by atoms with E-state index in [0.717, 1.165) is 0 Å². The molecular formula is C16H15NO4. The first-order valence-corrected chi connectivity index (χ1v) is 6.48. The van der Waals surface area contributed by atoms with E-state index in [9.17, 15) is 14.7 Å². The number of nitrogens with one attached hydrogen (secondary N) is 1. The van der Waals surface area contributed by atoms with Crippen LogP contribution >= 0.6 is 0 Å². The number of phenolic OH excluding ortho intramolecular Hbond substituents is 1. The van der Waals surface area contributed by atoms with Crippen LogP contribution in [0.15, 0.2) is 42.5 Å². The molecule has 5 heteroatoms. The summed E-state index contributed by atoms with van der Waals surface area (Å²) < 4.78 is 0. The molecule has 0 saturated carbocycles. The zero-order chi connectivity index (χ0) is 15.4. The van der Waals surface area contributed by atoms with E-state index in [4.69, 9.17) is 5.11 Å². The summed E-state index contributed by atoms with van der Waals surface area (Å²) in [6.45, 7) is 2.60. The molecular weight excluding hydrogens is 270 g/mol. The molecule has 2 aromatic rings. The molecule has 0 spiro atoms. The molecule has 2 aromatic carbocycles. The number of anilines is 1. The van der Waals surface area contributed by atoms with Gasteiger partial charge in [0.15, 0.2) is 5.78 Å². The number of carbonyl (C=O) groups excluding carboxylic acids is 1. The van der Waals surface area contributed by atoms with Gasteiger partial charge in [0.2, 0.25) is 0 Å². The fourth-order valence-corrected chi connectivity index (χ4v) is 2.05. The van der Waals surface area contributed by atoms with Gasteiger partial charge in [0.1, 0.15) is 5.75 Å². The van der Waals surface area contributed by atoms with Crippen molar-refractivity contribution in [3.63, 3.8) is 0 Å². The van der Waals surface area contributed by atoms with Crippen molar-refractivity contribution in [1.29, 1.82) is 0 Å². The van der Waals surface area contributed by atoms with Crippen LogP contribution in [0.5, 0.6) is 5.75 Å². The van der Waals surface area contributed by atoms with E-state index in [1.807, 2.05) is 6.92 Å². The van der Waals surface area contributed by atoms with Gasteiger partial charge in [-0.25, -0.2) is 4.79 Å². The molecule has 0 radical (unpaired) electrons. The normalized spacial score (nSPS) is 10.1. The van der Waals surface area contributed by atoms with Gasteiger partial charge in [-0.3, -0.25) is 4.79 Å². The lowest BCUT2D eigenvalue weighted by Gasteiger charge is -2.09. The average molecular weight is 285 g/mol. The third-order valence-corrected chi connectivity index (χ3v) is 3.03. The van der Waals surface area contributed by atoms with Crippen molar-refractivity contribution < 1.29 is 19.8 Å². The van der Waals surface area contributed by atoms with Crippen LogP contribution in [0.25, 0.3) is 0 Å². The van der Waals surface area contributed by atoms with Crippen LogP contribution in [0.1, 0.15) is 33.2 Å². The maximum atomic E-state index is 12.4. The summed E-state index contributed by atoms with van der Waals surface area (Å²) in [6, 6.07) is 10.5. The highest BCUT2D eigenvalue weighted by atomic mass is 16.4. The van der Waals surface area contributed by atoms with Crippen LogP contribution in [0.2, 0.25) is 0 Å². The molecule has 21 heavy (non-hydrogen) atoms. The number of carboxylic acid groups (broad SMARTS) is 1. The Hall–Kier alpha value is -2.82. The molecule has 0 aliphatic rings. The second-order valence-corrected chi connectivity index (χ2v) is 4.44. The number of aromatic carboxylic acids is 1. The van der Waals surface area contributed by atoms with Crippen LogP contribution in [-0.2, 0) is 0 Å². The molecule has 0 unspecified atom stereocenters. The van der Waals surface area contributed by atoms with Gasteiger partial charge in [0.05, 0.1) is 11.1 Å². The van der Waals surface area contributed by atoms with E-state index in [1.54, 1.807) is 18.2 Å². The standard InChI is InChI=1S/C16H15NO4/c1-2-17-10-7-8-13(14(18)9-10)15(19)11-5-3-4-6-12(11)16(20)21/h3-9,17-18H,2H2,1H3,(H,20,21). The van der Waals surface area contributed by atoms with E-state index in [2.05, 4.69) is 5.32 Å². The molecule has 0 saturated heterocycles. The minimum absolute atomic E-state index is 0.0523. The monoisotopic (exact) mass is 285 g/mol. The lowest BCUT2D eigenvalue weighted by molar-refractivity contribution is 0.0692. The average Bonchev–Trinajstić information content (AvgIpc) is 2.47. The summed E-state index contributed by atoms with van der Waals surface area (Å²) in [6.07, 6.45) is 0. The SMILES string of the molecule is CCNc1ccc(C(=O)c2ccccc2C(=O)O)c(O)c1. The smallest absolute Gasteiger partial charge is 0.336 e. The first kappa shape index (κ1) is 14.6. The first-order valence-electron chi connectivity index (χ1n) is 6.48. The quantitative estimate of drug-likeness (QED) is 0.735. The summed E-state index contributed by atoms with van der Waals surface area (Å²) in [5, 5.41) is 22.1. The zero-order valence-corrected chi connectivity index (χ0v) is 11.5. The van der Waals surface area contributed by atoms with Crippen molar-refractivity contribution in [3.8, 4) is 5.75 Å². The molecule has 0 fully saturated rings. The van der Waals surface area contributed by atoms with E-state index < -0.39 is 11.8 Å². The molecule has 0 heterocycles. The Labute approximate surface area is 121 Å². The van der Waals surface area contributed by atoms with Crippen molar-refractivity contribution >= 4 is 17.4 Å². The number of hydrogen-bond acceptors (Lipinski definition) is 4. The van der Waals surface area contributed by atoms with Gasteiger partial charge in [-0.1, -0.05) is 18.2 Å². The molecule has 0 aliphatic carbocycles. The Morgan fingerprint density at radius 2 is 1.71 bits per heavy atom. The Kier molecular flexibility index (Phi) is 4.23. The molecule has 0 bridgehead atoms. The first-order chi connectivity index (χ1) is 10.0. The number of hydrogen-bond donors (Lipinski definition) is 3. The van der Waals surface area contributed by atoms with Gasteiger partial charge in [-0.2, -0.15) is 0 Å². The van der Waals surface area contributed by atoms with Gasteiger partial charge in [-0.15, -0.1) is 0 Å². The van der Waals surface area contributed by atoms with Crippen molar-refractivity contribution in [3.05, 3.63) is 59.2 Å². The second-order valence-electron chi connectivity index (χ2n) is 4.44. The van der Waals surface area contributed by atoms with Gasteiger partial charge in [0.25, 0.3) is 0 Å². The van der Waals surface area contributed by atoms with Crippen LogP contribution in [0.3, 0.4) is 0 Å². The highest BCUT2D eigenvalue weighted by molar-refractivity contribution is 6.15. The Bertz CT molecular complexity index is 694. The topological polar surface area (TPSA) is 86.6 Å². The van der Waals surface area contributed by atoms with Crippen LogP contribution in [0, 0.1) is 0 Å². The molecule has 108 valence electrons. The van der Waals surface area contributed by atoms with Crippen LogP contribution < -0.4 is 5.32 Å². The number of carbonyl (C=O) groups is 2. The minimum Gasteiger partial charge on any atom is -0.507 e. The summed E-state index contributed by atoms with van der Waals surface area (Å²) in [5.41, 5.74) is 0.734. The number of rotatable bonds is 5. The Morgan fingerprint density at radius 1 is 1.05 bits per heavy atom. The van der Waals surface area contributed by atoms with Crippen molar-refractivity contribution in [2.45, 2.75) is 6.92 Å². The maximum absolute atomic E-state index is 12.4. The molecule has 2 rings (SSSR count). The van der Waals surface area contributed by atoms with Gasteiger partial charge >= 0.3 is 5.97 Å². The Morgan fingerprint density at radius 3 is 2.29 bits per heavy atom. The number of carboxylic acids is 1. The summed E-state index contributed by atoms with van der Waals surface area (Å²) >= 11 is 0. The number of phenols is 1. The number of aromatic hydroxyl groups is 1. The third kappa shape index (κ3) is 3.02. The lowest BCUT2D eigenvalue weighted by Crippen LogP contribution is -2.10. The fraction of sp³-hybridized carbons (Fsp3) is 0.125. The van der Waals surface area contributed by atoms with Gasteiger partial charge in [-0.05, 0) is 25.1 Å². The second kappa shape index (κ2) is 6.09. The molecule has 3 N–H and O–H groups in total. The highest BCUT2D eigenvalue weighted by Gasteiger charge is 2.19. The van der Waals surface area contributed by atoms with E-state index in [1.165, 1.54) is 24.3 Å². The summed E-state index contributed by atoms with van der Waals surface area (Å²) in [4.78, 5) is 23.6. The van der Waals surface area contributed by atoms with Crippen molar-refractivity contribution in [2.24, 2.45) is 0 Å². The molecule has 0 aromatic heterocycles. The zero-order valence-electron chi connectivity index (χ0n) is 11.5. The number of benzene rings is 2. The predicted octanol–water partition coefficient (Wildman–Crippen LogP) is 2.75. The Balaban J connectivity index is 2.43. The number of ketones is 1. The van der Waals surface area contributed by atoms with Crippen LogP contribution in [-0.4, -0.2) is 28.5 Å².